The van der Waals surface area contributed by atoms with Crippen LogP contribution in [0.25, 0.3) is 0 Å². The zero-order chi connectivity index (χ0) is 15.0. The predicted octanol–water partition coefficient (Wildman–Crippen LogP) is 0.624. The molecule has 2 rings (SSSR count). The number of hydrogen-bond acceptors (Lipinski definition) is 5. The first-order valence-corrected chi connectivity index (χ1v) is 9.62. The lowest BCUT2D eigenvalue weighted by Gasteiger charge is -2.23. The van der Waals surface area contributed by atoms with Gasteiger partial charge in [0, 0.05) is 25.4 Å². The SMILES string of the molecule is CS(=O)(=O)c1ccccc1S(=O)(=O)N1CCCC1CN.Cl. The lowest BCUT2D eigenvalue weighted by molar-refractivity contribution is 0.392. The summed E-state index contributed by atoms with van der Waals surface area (Å²) in [5.41, 5.74) is 5.60. The van der Waals surface area contributed by atoms with Gasteiger partial charge in [0.2, 0.25) is 10.0 Å². The molecule has 0 spiro atoms. The lowest BCUT2D eigenvalue weighted by Crippen LogP contribution is -2.40. The Kier molecular flexibility index (Phi) is 5.79. The van der Waals surface area contributed by atoms with Gasteiger partial charge in [0.05, 0.1) is 4.90 Å². The molecule has 0 saturated carbocycles. The predicted molar refractivity (Wildman–Crippen MR) is 82.8 cm³/mol. The van der Waals surface area contributed by atoms with Crippen molar-refractivity contribution in [2.75, 3.05) is 19.3 Å². The summed E-state index contributed by atoms with van der Waals surface area (Å²) in [6, 6.07) is 5.43. The maximum atomic E-state index is 12.7. The van der Waals surface area contributed by atoms with Gasteiger partial charge in [0.25, 0.3) is 0 Å². The van der Waals surface area contributed by atoms with Crippen molar-refractivity contribution < 1.29 is 16.8 Å². The van der Waals surface area contributed by atoms with Crippen LogP contribution in [0.2, 0.25) is 0 Å². The van der Waals surface area contributed by atoms with Gasteiger partial charge in [0.15, 0.2) is 9.84 Å². The van der Waals surface area contributed by atoms with E-state index in [0.717, 1.165) is 12.7 Å². The molecule has 1 aromatic carbocycles. The molecule has 1 aliphatic heterocycles. The molecule has 0 aromatic heterocycles. The van der Waals surface area contributed by atoms with Gasteiger partial charge >= 0.3 is 0 Å². The molecule has 6 nitrogen and oxygen atoms in total. The van der Waals surface area contributed by atoms with Crippen LogP contribution < -0.4 is 5.73 Å². The average molecular weight is 355 g/mol. The average Bonchev–Trinajstić information content (AvgIpc) is 2.86. The van der Waals surface area contributed by atoms with Crippen LogP contribution in [0, 0.1) is 0 Å². The maximum absolute atomic E-state index is 12.7. The van der Waals surface area contributed by atoms with Crippen molar-refractivity contribution in [2.24, 2.45) is 5.73 Å². The lowest BCUT2D eigenvalue weighted by atomic mass is 10.2. The topological polar surface area (TPSA) is 97.5 Å². The smallest absolute Gasteiger partial charge is 0.244 e. The second-order valence-corrected chi connectivity index (χ2v) is 8.71. The van der Waals surface area contributed by atoms with Crippen molar-refractivity contribution >= 4 is 32.3 Å². The van der Waals surface area contributed by atoms with Crippen LogP contribution in [-0.2, 0) is 19.9 Å². The Bertz CT molecular complexity index is 704. The first kappa shape index (κ1) is 18.4. The highest BCUT2D eigenvalue weighted by Crippen LogP contribution is 2.29. The van der Waals surface area contributed by atoms with Crippen LogP contribution in [0.15, 0.2) is 34.1 Å². The number of benzene rings is 1. The third-order valence-electron chi connectivity index (χ3n) is 3.43. The summed E-state index contributed by atoms with van der Waals surface area (Å²) < 4.78 is 50.2. The van der Waals surface area contributed by atoms with Crippen LogP contribution >= 0.6 is 12.4 Å². The van der Waals surface area contributed by atoms with E-state index in [-0.39, 0.29) is 34.8 Å². The minimum Gasteiger partial charge on any atom is -0.329 e. The standard InChI is InChI=1S/C12H18N2O4S2.ClH/c1-19(15,16)11-6-2-3-7-12(11)20(17,18)14-8-4-5-10(14)9-13;/h2-3,6-7,10H,4-5,8-9,13H2,1H3;1H. The second kappa shape index (κ2) is 6.62. The minimum absolute atomic E-state index is 0. The highest BCUT2D eigenvalue weighted by Gasteiger charge is 2.36. The van der Waals surface area contributed by atoms with Crippen molar-refractivity contribution in [3.05, 3.63) is 24.3 Å². The Morgan fingerprint density at radius 3 is 2.29 bits per heavy atom. The molecule has 1 aromatic rings. The summed E-state index contributed by atoms with van der Waals surface area (Å²) in [5.74, 6) is 0. The minimum atomic E-state index is -3.84. The third-order valence-corrected chi connectivity index (χ3v) is 6.72. The number of nitrogens with two attached hydrogens (primary N) is 1. The number of rotatable bonds is 4. The number of halogens is 1. The first-order valence-electron chi connectivity index (χ1n) is 6.29. The van der Waals surface area contributed by atoms with Crippen molar-refractivity contribution in [3.63, 3.8) is 0 Å². The molecule has 1 unspecified atom stereocenters. The van der Waals surface area contributed by atoms with Crippen LogP contribution in [0.3, 0.4) is 0 Å². The van der Waals surface area contributed by atoms with E-state index in [0.29, 0.717) is 13.0 Å². The Hall–Kier alpha value is -0.670. The van der Waals surface area contributed by atoms with Gasteiger partial charge in [-0.25, -0.2) is 16.8 Å². The fourth-order valence-electron chi connectivity index (χ4n) is 2.46. The first-order chi connectivity index (χ1) is 9.28. The molecule has 1 atom stereocenters. The molecule has 1 heterocycles. The van der Waals surface area contributed by atoms with E-state index in [1.165, 1.54) is 28.6 Å². The molecule has 0 aliphatic carbocycles. The van der Waals surface area contributed by atoms with E-state index in [2.05, 4.69) is 0 Å². The highest BCUT2D eigenvalue weighted by atomic mass is 35.5. The van der Waals surface area contributed by atoms with Crippen molar-refractivity contribution in [1.82, 2.24) is 4.31 Å². The van der Waals surface area contributed by atoms with Crippen molar-refractivity contribution in [3.8, 4) is 0 Å². The summed E-state index contributed by atoms with van der Waals surface area (Å²) in [7, 11) is -7.45. The number of sulfonamides is 1. The molecule has 1 saturated heterocycles. The van der Waals surface area contributed by atoms with E-state index in [4.69, 9.17) is 5.73 Å². The zero-order valence-corrected chi connectivity index (χ0v) is 14.0. The van der Waals surface area contributed by atoms with Gasteiger partial charge in [-0.2, -0.15) is 4.31 Å². The highest BCUT2D eigenvalue weighted by molar-refractivity contribution is 7.93. The van der Waals surface area contributed by atoms with Gasteiger partial charge in [-0.3, -0.25) is 0 Å². The van der Waals surface area contributed by atoms with E-state index in [9.17, 15) is 16.8 Å². The monoisotopic (exact) mass is 354 g/mol. The maximum Gasteiger partial charge on any atom is 0.244 e. The fraction of sp³-hybridized carbons (Fsp3) is 0.500. The Morgan fingerprint density at radius 2 is 1.76 bits per heavy atom. The normalized spacial score (nSPS) is 20.2. The van der Waals surface area contributed by atoms with Crippen molar-refractivity contribution in [1.29, 1.82) is 0 Å². The molecule has 1 fully saturated rings. The van der Waals surface area contributed by atoms with E-state index < -0.39 is 19.9 Å². The van der Waals surface area contributed by atoms with Gasteiger partial charge in [0.1, 0.15) is 4.90 Å². The summed E-state index contributed by atoms with van der Waals surface area (Å²) in [4.78, 5) is -0.328. The molecule has 2 N–H and O–H groups in total. The second-order valence-electron chi connectivity index (χ2n) is 4.87. The number of nitrogens with zero attached hydrogens (tertiary/aromatic N) is 1. The van der Waals surface area contributed by atoms with E-state index >= 15 is 0 Å². The van der Waals surface area contributed by atoms with Crippen LogP contribution in [0.1, 0.15) is 12.8 Å². The number of hydrogen-bond donors (Lipinski definition) is 1. The summed E-state index contributed by atoms with van der Waals surface area (Å²) in [6.45, 7) is 0.614. The molecule has 120 valence electrons. The fourth-order valence-corrected chi connectivity index (χ4v) is 5.77. The summed E-state index contributed by atoms with van der Waals surface area (Å²) in [5, 5.41) is 0. The quantitative estimate of drug-likeness (QED) is 0.854. The zero-order valence-electron chi connectivity index (χ0n) is 11.6. The Labute approximate surface area is 131 Å². The van der Waals surface area contributed by atoms with Crippen LogP contribution in [-0.4, -0.2) is 46.5 Å². The molecule has 21 heavy (non-hydrogen) atoms. The molecule has 0 radical (unpaired) electrons. The molecule has 1 aliphatic rings. The molecular weight excluding hydrogens is 336 g/mol. The van der Waals surface area contributed by atoms with Crippen LogP contribution in [0.5, 0.6) is 0 Å². The summed E-state index contributed by atoms with van der Waals surface area (Å²) in [6.07, 6.45) is 2.45. The van der Waals surface area contributed by atoms with Gasteiger partial charge in [-0.1, -0.05) is 12.1 Å². The van der Waals surface area contributed by atoms with Gasteiger partial charge in [-0.15, -0.1) is 12.4 Å². The molecule has 0 bridgehead atoms. The van der Waals surface area contributed by atoms with E-state index in [1.54, 1.807) is 0 Å². The molecule has 0 amide bonds. The molecular formula is C12H19ClN2O4S2. The molecule has 9 heteroatoms. The van der Waals surface area contributed by atoms with Crippen LogP contribution in [0.4, 0.5) is 0 Å². The number of sulfone groups is 1. The van der Waals surface area contributed by atoms with Gasteiger partial charge < -0.3 is 5.73 Å². The van der Waals surface area contributed by atoms with Gasteiger partial charge in [-0.05, 0) is 25.0 Å². The van der Waals surface area contributed by atoms with E-state index in [1.807, 2.05) is 0 Å². The largest absolute Gasteiger partial charge is 0.329 e. The Balaban J connectivity index is 0.00000220. The Morgan fingerprint density at radius 1 is 1.19 bits per heavy atom. The van der Waals surface area contributed by atoms with Crippen molar-refractivity contribution in [2.45, 2.75) is 28.7 Å². The third kappa shape index (κ3) is 3.57. The summed E-state index contributed by atoms with van der Waals surface area (Å²) >= 11 is 0.